The number of nitrogens with two attached hydrogens (primary N) is 1. The van der Waals surface area contributed by atoms with E-state index in [2.05, 4.69) is 47.1 Å². The van der Waals surface area contributed by atoms with Gasteiger partial charge in [-0.15, -0.1) is 0 Å². The fraction of sp³-hybridized carbons (Fsp3) is 0.438. The van der Waals surface area contributed by atoms with E-state index in [1.54, 1.807) is 0 Å². The Labute approximate surface area is 120 Å². The molecule has 1 aromatic carbocycles. The van der Waals surface area contributed by atoms with Crippen LogP contribution in [0.25, 0.3) is 10.8 Å². The van der Waals surface area contributed by atoms with Crippen LogP contribution >= 0.6 is 0 Å². The number of piperazine rings is 1. The quantitative estimate of drug-likeness (QED) is 0.924. The molecular formula is C16H22N4. The van der Waals surface area contributed by atoms with E-state index in [9.17, 15) is 0 Å². The van der Waals surface area contributed by atoms with Crippen LogP contribution < -0.4 is 10.6 Å². The molecule has 2 aromatic rings. The first kappa shape index (κ1) is 13.3. The second-order valence-corrected chi connectivity index (χ2v) is 5.28. The van der Waals surface area contributed by atoms with Gasteiger partial charge in [0.2, 0.25) is 0 Å². The molecule has 106 valence electrons. The maximum Gasteiger partial charge on any atom is 0.136 e. The minimum atomic E-state index is 0.493. The summed E-state index contributed by atoms with van der Waals surface area (Å²) in [5.41, 5.74) is 6.76. The molecule has 20 heavy (non-hydrogen) atoms. The Balaban J connectivity index is 1.98. The molecule has 1 aliphatic rings. The van der Waals surface area contributed by atoms with E-state index >= 15 is 0 Å². The summed E-state index contributed by atoms with van der Waals surface area (Å²) in [7, 11) is 0. The number of fused-ring (bicyclic) bond motifs is 1. The zero-order chi connectivity index (χ0) is 13.9. The number of hydrogen-bond acceptors (Lipinski definition) is 4. The maximum absolute atomic E-state index is 5.79. The Kier molecular flexibility index (Phi) is 3.85. The first-order valence-corrected chi connectivity index (χ1v) is 7.38. The number of aromatic nitrogens is 1. The van der Waals surface area contributed by atoms with Crippen LogP contribution in [0.1, 0.15) is 12.6 Å². The molecule has 0 aliphatic carbocycles. The molecule has 1 saturated heterocycles. The summed E-state index contributed by atoms with van der Waals surface area (Å²) >= 11 is 0. The molecule has 0 radical (unpaired) electrons. The zero-order valence-electron chi connectivity index (χ0n) is 12.0. The van der Waals surface area contributed by atoms with Crippen molar-refractivity contribution < 1.29 is 0 Å². The number of nitrogens with zero attached hydrogens (tertiary/aromatic N) is 3. The highest BCUT2D eigenvalue weighted by molar-refractivity contribution is 5.92. The average molecular weight is 270 g/mol. The molecule has 2 heterocycles. The van der Waals surface area contributed by atoms with Crippen molar-refractivity contribution in [2.75, 3.05) is 37.6 Å². The standard InChI is InChI=1S/C16H22N4/c1-2-19-7-9-20(10-8-19)16-15-6-4-3-5-13(15)11-14(12-17)18-16/h3-6,11H,2,7-10,12,17H2,1H3. The highest BCUT2D eigenvalue weighted by Gasteiger charge is 2.19. The summed E-state index contributed by atoms with van der Waals surface area (Å²) < 4.78 is 0. The largest absolute Gasteiger partial charge is 0.354 e. The van der Waals surface area contributed by atoms with Gasteiger partial charge in [0.05, 0.1) is 5.69 Å². The van der Waals surface area contributed by atoms with Crippen molar-refractivity contribution in [3.8, 4) is 0 Å². The second-order valence-electron chi connectivity index (χ2n) is 5.28. The van der Waals surface area contributed by atoms with Gasteiger partial charge in [-0.25, -0.2) is 4.98 Å². The summed E-state index contributed by atoms with van der Waals surface area (Å²) in [6.45, 7) is 8.15. The summed E-state index contributed by atoms with van der Waals surface area (Å²) in [6.07, 6.45) is 0. The SMILES string of the molecule is CCN1CCN(c2nc(CN)cc3ccccc23)CC1. The molecule has 0 amide bonds. The van der Waals surface area contributed by atoms with Crippen LogP contribution in [0.5, 0.6) is 0 Å². The van der Waals surface area contributed by atoms with Crippen LogP contribution in [0, 0.1) is 0 Å². The Morgan fingerprint density at radius 3 is 2.60 bits per heavy atom. The number of benzene rings is 1. The van der Waals surface area contributed by atoms with Crippen LogP contribution in [0.2, 0.25) is 0 Å². The van der Waals surface area contributed by atoms with Gasteiger partial charge in [-0.2, -0.15) is 0 Å². The molecule has 0 saturated carbocycles. The third-order valence-corrected chi connectivity index (χ3v) is 4.10. The topological polar surface area (TPSA) is 45.4 Å². The van der Waals surface area contributed by atoms with Gasteiger partial charge in [-0.1, -0.05) is 31.2 Å². The van der Waals surface area contributed by atoms with Gasteiger partial charge in [-0.05, 0) is 18.0 Å². The molecular weight excluding hydrogens is 248 g/mol. The van der Waals surface area contributed by atoms with E-state index in [-0.39, 0.29) is 0 Å². The van der Waals surface area contributed by atoms with E-state index < -0.39 is 0 Å². The summed E-state index contributed by atoms with van der Waals surface area (Å²) in [5, 5.41) is 2.46. The first-order chi connectivity index (χ1) is 9.81. The lowest BCUT2D eigenvalue weighted by Crippen LogP contribution is -2.46. The predicted molar refractivity (Wildman–Crippen MR) is 84.0 cm³/mol. The first-order valence-electron chi connectivity index (χ1n) is 7.38. The Morgan fingerprint density at radius 2 is 1.90 bits per heavy atom. The molecule has 1 aliphatic heterocycles. The van der Waals surface area contributed by atoms with Crippen molar-refractivity contribution >= 4 is 16.6 Å². The highest BCUT2D eigenvalue weighted by atomic mass is 15.3. The van der Waals surface area contributed by atoms with Crippen LogP contribution in [0.15, 0.2) is 30.3 Å². The Morgan fingerprint density at radius 1 is 1.15 bits per heavy atom. The summed E-state index contributed by atoms with van der Waals surface area (Å²) in [5.74, 6) is 1.10. The summed E-state index contributed by atoms with van der Waals surface area (Å²) in [6, 6.07) is 10.5. The lowest BCUT2D eigenvalue weighted by Gasteiger charge is -2.35. The minimum absolute atomic E-state index is 0.493. The number of hydrogen-bond donors (Lipinski definition) is 1. The van der Waals surface area contributed by atoms with Crippen LogP contribution in [-0.4, -0.2) is 42.6 Å². The molecule has 0 atom stereocenters. The Bertz CT molecular complexity index is 588. The number of likely N-dealkylation sites (N-methyl/N-ethyl adjacent to an activating group) is 1. The Hall–Kier alpha value is -1.65. The van der Waals surface area contributed by atoms with Crippen LogP contribution in [0.4, 0.5) is 5.82 Å². The third kappa shape index (κ3) is 2.49. The van der Waals surface area contributed by atoms with Gasteiger partial charge in [-0.3, -0.25) is 0 Å². The van der Waals surface area contributed by atoms with Gasteiger partial charge >= 0.3 is 0 Å². The molecule has 0 bridgehead atoms. The lowest BCUT2D eigenvalue weighted by molar-refractivity contribution is 0.270. The molecule has 4 nitrogen and oxygen atoms in total. The van der Waals surface area contributed by atoms with Gasteiger partial charge in [0.25, 0.3) is 0 Å². The molecule has 1 fully saturated rings. The number of rotatable bonds is 3. The number of anilines is 1. The van der Waals surface area contributed by atoms with E-state index in [1.807, 2.05) is 0 Å². The smallest absolute Gasteiger partial charge is 0.136 e. The normalized spacial score (nSPS) is 16.8. The predicted octanol–water partition coefficient (Wildman–Crippen LogP) is 1.84. The molecule has 0 spiro atoms. The number of pyridine rings is 1. The van der Waals surface area contributed by atoms with Crippen molar-refractivity contribution in [2.24, 2.45) is 5.73 Å². The van der Waals surface area contributed by atoms with Gasteiger partial charge in [0.1, 0.15) is 5.82 Å². The van der Waals surface area contributed by atoms with Crippen molar-refractivity contribution in [3.05, 3.63) is 36.0 Å². The zero-order valence-corrected chi connectivity index (χ0v) is 12.0. The summed E-state index contributed by atoms with van der Waals surface area (Å²) in [4.78, 5) is 9.65. The fourth-order valence-corrected chi connectivity index (χ4v) is 2.86. The van der Waals surface area contributed by atoms with E-state index in [4.69, 9.17) is 10.7 Å². The van der Waals surface area contributed by atoms with Gasteiger partial charge in [0, 0.05) is 38.1 Å². The molecule has 0 unspecified atom stereocenters. The van der Waals surface area contributed by atoms with Crippen molar-refractivity contribution in [2.45, 2.75) is 13.5 Å². The lowest BCUT2D eigenvalue weighted by atomic mass is 10.1. The maximum atomic E-state index is 5.79. The minimum Gasteiger partial charge on any atom is -0.354 e. The van der Waals surface area contributed by atoms with E-state index in [0.717, 1.165) is 44.2 Å². The monoisotopic (exact) mass is 270 g/mol. The highest BCUT2D eigenvalue weighted by Crippen LogP contribution is 2.26. The molecule has 3 rings (SSSR count). The van der Waals surface area contributed by atoms with E-state index in [0.29, 0.717) is 6.54 Å². The third-order valence-electron chi connectivity index (χ3n) is 4.10. The van der Waals surface area contributed by atoms with E-state index in [1.165, 1.54) is 10.8 Å². The van der Waals surface area contributed by atoms with Gasteiger partial charge < -0.3 is 15.5 Å². The molecule has 4 heteroatoms. The average Bonchev–Trinajstić information content (AvgIpc) is 2.54. The van der Waals surface area contributed by atoms with Gasteiger partial charge in [0.15, 0.2) is 0 Å². The molecule has 2 N–H and O–H groups in total. The molecule has 1 aromatic heterocycles. The van der Waals surface area contributed by atoms with Crippen molar-refractivity contribution in [1.29, 1.82) is 0 Å². The fourth-order valence-electron chi connectivity index (χ4n) is 2.86. The second kappa shape index (κ2) is 5.77. The van der Waals surface area contributed by atoms with Crippen LogP contribution in [0.3, 0.4) is 0 Å². The van der Waals surface area contributed by atoms with Crippen molar-refractivity contribution in [3.63, 3.8) is 0 Å². The van der Waals surface area contributed by atoms with Crippen molar-refractivity contribution in [1.82, 2.24) is 9.88 Å². The van der Waals surface area contributed by atoms with Crippen LogP contribution in [-0.2, 0) is 6.54 Å².